The van der Waals surface area contributed by atoms with Crippen molar-refractivity contribution in [3.05, 3.63) is 133 Å². The Morgan fingerprint density at radius 3 is 1.90 bits per heavy atom. The van der Waals surface area contributed by atoms with Crippen molar-refractivity contribution >= 4 is 54.9 Å². The highest BCUT2D eigenvalue weighted by Gasteiger charge is 2.19. The predicted molar refractivity (Wildman–Crippen MR) is 168 cm³/mol. The minimum atomic E-state index is -0.926. The standard InChI is InChI=1S/C38H22S/c1-5-24-13-14-26-15-18-30(32-19-16-25(6-1)36(24)38(26)32)29-10-2-9-27(21-29)28-17-20-34-33(22-28)31-11-3-7-23-8-4-12-35(39-34)37(23)31/h1-22H/i1D,2D,3D,4D,5D,6D,7D,8D,9D,10D,11D,12D,13D,14D,15D,16D,17D,18D,19D,20D,21D,22D. The van der Waals surface area contributed by atoms with E-state index in [-0.39, 0.29) is 58.6 Å². The van der Waals surface area contributed by atoms with Crippen molar-refractivity contribution < 1.29 is 30.2 Å². The maximum absolute atomic E-state index is 9.59. The van der Waals surface area contributed by atoms with Gasteiger partial charge in [0.05, 0.1) is 30.2 Å². The second-order valence-electron chi connectivity index (χ2n) is 8.76. The molecule has 0 spiro atoms. The van der Waals surface area contributed by atoms with Crippen LogP contribution in [0.1, 0.15) is 30.2 Å². The molecule has 1 heteroatoms. The van der Waals surface area contributed by atoms with Crippen molar-refractivity contribution in [2.75, 3.05) is 0 Å². The molecule has 180 valence electrons. The lowest BCUT2D eigenvalue weighted by Gasteiger charge is -2.21. The number of fused-ring (bicyclic) bond motifs is 2. The van der Waals surface area contributed by atoms with E-state index in [0.29, 0.717) is 11.8 Å². The zero-order valence-corrected chi connectivity index (χ0v) is 20.2. The Morgan fingerprint density at radius 2 is 1.03 bits per heavy atom. The first-order valence-electron chi connectivity index (χ1n) is 22.7. The van der Waals surface area contributed by atoms with Gasteiger partial charge in [0.2, 0.25) is 0 Å². The van der Waals surface area contributed by atoms with Crippen LogP contribution in [0.4, 0.5) is 0 Å². The van der Waals surface area contributed by atoms with Gasteiger partial charge in [-0.25, -0.2) is 0 Å². The topological polar surface area (TPSA) is 0 Å². The summed E-state index contributed by atoms with van der Waals surface area (Å²) in [5, 5.41) is -2.35. The third-order valence-corrected chi connectivity index (χ3v) is 7.66. The summed E-state index contributed by atoms with van der Waals surface area (Å²) in [6, 6.07) is -15.7. The largest absolute Gasteiger partial charge is 0.0888 e. The van der Waals surface area contributed by atoms with Crippen LogP contribution in [0, 0.1) is 0 Å². The van der Waals surface area contributed by atoms with E-state index in [1.807, 2.05) is 0 Å². The summed E-state index contributed by atoms with van der Waals surface area (Å²) in [5.74, 6) is 0. The van der Waals surface area contributed by atoms with Gasteiger partial charge in [-0.05, 0) is 95.3 Å². The fourth-order valence-corrected chi connectivity index (χ4v) is 5.89. The molecule has 0 unspecified atom stereocenters. The van der Waals surface area contributed by atoms with Crippen molar-refractivity contribution in [1.29, 1.82) is 0 Å². The SMILES string of the molecule is [2H]c1c([2H])c(-c2c([2H])c([2H])c3c(c2[2H])-c2c([2H])c([2H])c([2H])c4c([2H])c([2H])c([2H])c(c24)S3)c([2H])c(-c2c([2H])c([2H])c3c([2H])c([2H])c4c([2H])c([2H])c([2H])c5c([2H])c([2H])c2c3c45)c1[2H]. The summed E-state index contributed by atoms with van der Waals surface area (Å²) in [6.45, 7) is 0. The molecule has 0 aromatic heterocycles. The number of hydrogen-bond acceptors (Lipinski definition) is 1. The third kappa shape index (κ3) is 3.08. The fourth-order valence-electron chi connectivity index (χ4n) is 4.92. The van der Waals surface area contributed by atoms with Gasteiger partial charge in [0.25, 0.3) is 0 Å². The van der Waals surface area contributed by atoms with E-state index in [4.69, 9.17) is 23.3 Å². The molecule has 0 bridgehead atoms. The van der Waals surface area contributed by atoms with E-state index < -0.39 is 161 Å². The van der Waals surface area contributed by atoms with Gasteiger partial charge in [0, 0.05) is 15.2 Å². The average Bonchev–Trinajstić information content (AvgIpc) is 3.22. The van der Waals surface area contributed by atoms with Crippen molar-refractivity contribution in [2.24, 2.45) is 0 Å². The Morgan fingerprint density at radius 1 is 0.385 bits per heavy atom. The van der Waals surface area contributed by atoms with E-state index >= 15 is 0 Å². The van der Waals surface area contributed by atoms with Crippen LogP contribution in [0.25, 0.3) is 76.5 Å². The van der Waals surface area contributed by atoms with Crippen LogP contribution >= 0.6 is 11.8 Å². The van der Waals surface area contributed by atoms with Gasteiger partial charge in [0.1, 0.15) is 0 Å². The molecule has 0 N–H and O–H groups in total. The first-order chi connectivity index (χ1) is 28.5. The fraction of sp³-hybridized carbons (Fsp3) is 0. The van der Waals surface area contributed by atoms with Crippen LogP contribution in [-0.2, 0) is 0 Å². The van der Waals surface area contributed by atoms with Crippen LogP contribution in [0.5, 0.6) is 0 Å². The van der Waals surface area contributed by atoms with E-state index in [1.54, 1.807) is 0 Å². The molecule has 0 amide bonds. The summed E-state index contributed by atoms with van der Waals surface area (Å²) in [6.07, 6.45) is 0. The zero-order valence-electron chi connectivity index (χ0n) is 41.4. The first kappa shape index (κ1) is 9.26. The lowest BCUT2D eigenvalue weighted by molar-refractivity contribution is 1.39. The highest BCUT2D eigenvalue weighted by Crippen LogP contribution is 2.49. The quantitative estimate of drug-likeness (QED) is 0.199. The minimum absolute atomic E-state index is 0.0530. The van der Waals surface area contributed by atoms with E-state index in [1.165, 1.54) is 0 Å². The van der Waals surface area contributed by atoms with Crippen molar-refractivity contribution in [1.82, 2.24) is 0 Å². The molecular weight excluding hydrogens is 488 g/mol. The van der Waals surface area contributed by atoms with Gasteiger partial charge < -0.3 is 0 Å². The highest BCUT2D eigenvalue weighted by molar-refractivity contribution is 7.99. The molecule has 9 rings (SSSR count). The second-order valence-corrected chi connectivity index (χ2v) is 9.78. The molecule has 39 heavy (non-hydrogen) atoms. The number of hydrogen-bond donors (Lipinski definition) is 0. The van der Waals surface area contributed by atoms with Crippen LogP contribution in [0.15, 0.2) is 143 Å². The predicted octanol–water partition coefficient (Wildman–Crippen LogP) is 11.2. The molecule has 8 aromatic rings. The zero-order chi connectivity index (χ0) is 44.6. The Kier molecular flexibility index (Phi) is 1.89. The first-order valence-corrected chi connectivity index (χ1v) is 12.5. The summed E-state index contributed by atoms with van der Waals surface area (Å²) in [7, 11) is 0. The molecule has 8 aromatic carbocycles. The normalized spacial score (nSPS) is 20.4. The lowest BCUT2D eigenvalue weighted by atomic mass is 9.89. The monoisotopic (exact) mass is 532 g/mol. The molecule has 0 aliphatic carbocycles. The van der Waals surface area contributed by atoms with E-state index in [9.17, 15) is 6.85 Å². The van der Waals surface area contributed by atoms with E-state index in [2.05, 4.69) is 0 Å². The Hall–Kier alpha value is -4.59. The molecule has 0 nitrogen and oxygen atoms in total. The van der Waals surface area contributed by atoms with Crippen LogP contribution in [0.2, 0.25) is 0 Å². The molecule has 0 saturated heterocycles. The van der Waals surface area contributed by atoms with Gasteiger partial charge in [-0.15, -0.1) is 0 Å². The number of benzene rings is 8. The third-order valence-electron chi connectivity index (χ3n) is 6.64. The number of rotatable bonds is 2. The summed E-state index contributed by atoms with van der Waals surface area (Å²) in [4.78, 5) is -0.229. The van der Waals surface area contributed by atoms with Gasteiger partial charge in [-0.1, -0.05) is 121 Å². The maximum Gasteiger partial charge on any atom is 0.0636 e. The van der Waals surface area contributed by atoms with Crippen LogP contribution in [-0.4, -0.2) is 0 Å². The average molecular weight is 533 g/mol. The Bertz CT molecular complexity index is 3440. The maximum atomic E-state index is 9.59. The van der Waals surface area contributed by atoms with Crippen molar-refractivity contribution in [3.63, 3.8) is 0 Å². The van der Waals surface area contributed by atoms with Crippen LogP contribution < -0.4 is 0 Å². The van der Waals surface area contributed by atoms with Gasteiger partial charge in [0.15, 0.2) is 0 Å². The van der Waals surface area contributed by atoms with E-state index in [0.717, 1.165) is 0 Å². The second kappa shape index (κ2) is 7.96. The molecule has 1 aliphatic heterocycles. The van der Waals surface area contributed by atoms with Gasteiger partial charge >= 0.3 is 0 Å². The molecule has 1 aliphatic rings. The minimum Gasteiger partial charge on any atom is -0.0888 e. The molecule has 0 saturated carbocycles. The van der Waals surface area contributed by atoms with Crippen molar-refractivity contribution in [3.8, 4) is 33.4 Å². The Labute approximate surface area is 261 Å². The smallest absolute Gasteiger partial charge is 0.0636 e. The van der Waals surface area contributed by atoms with Crippen LogP contribution in [0.3, 0.4) is 0 Å². The molecular formula is C38H22S. The van der Waals surface area contributed by atoms with Gasteiger partial charge in [-0.3, -0.25) is 0 Å². The van der Waals surface area contributed by atoms with Gasteiger partial charge in [-0.2, -0.15) is 0 Å². The molecule has 0 radical (unpaired) electrons. The van der Waals surface area contributed by atoms with Crippen molar-refractivity contribution in [2.45, 2.75) is 9.79 Å². The molecule has 0 atom stereocenters. The Balaban J connectivity index is 1.47. The molecule has 1 heterocycles. The summed E-state index contributed by atoms with van der Waals surface area (Å²) in [5.41, 5.74) is -3.18. The summed E-state index contributed by atoms with van der Waals surface area (Å²) < 4.78 is 196. The lowest BCUT2D eigenvalue weighted by Crippen LogP contribution is -1.93. The highest BCUT2D eigenvalue weighted by atomic mass is 32.2. The summed E-state index contributed by atoms with van der Waals surface area (Å²) >= 11 is 0.678. The molecule has 0 fully saturated rings.